The first-order valence-electron chi connectivity index (χ1n) is 11.6. The van der Waals surface area contributed by atoms with Crippen LogP contribution in [0.2, 0.25) is 5.02 Å². The van der Waals surface area contributed by atoms with Gasteiger partial charge in [0.05, 0.1) is 29.0 Å². The van der Waals surface area contributed by atoms with Crippen molar-refractivity contribution in [1.82, 2.24) is 4.57 Å². The van der Waals surface area contributed by atoms with Gasteiger partial charge in [-0.05, 0) is 55.7 Å². The highest BCUT2D eigenvalue weighted by atomic mass is 35.5. The normalized spacial score (nSPS) is 15.5. The van der Waals surface area contributed by atoms with E-state index in [0.717, 1.165) is 24.2 Å². The molecule has 1 aliphatic rings. The summed E-state index contributed by atoms with van der Waals surface area (Å²) in [6, 6.07) is 14.1. The van der Waals surface area contributed by atoms with E-state index in [1.165, 1.54) is 11.3 Å². The van der Waals surface area contributed by atoms with Crippen LogP contribution < -0.4 is 19.6 Å². The van der Waals surface area contributed by atoms with Gasteiger partial charge in [0.1, 0.15) is 11.8 Å². The Balaban J connectivity index is 1.81. The minimum absolute atomic E-state index is 0.216. The molecule has 6 nitrogen and oxygen atoms in total. The number of carbonyl (C=O) groups excluding carboxylic acids is 1. The van der Waals surface area contributed by atoms with Crippen molar-refractivity contribution in [1.29, 1.82) is 0 Å². The van der Waals surface area contributed by atoms with Gasteiger partial charge < -0.3 is 9.47 Å². The first kappa shape index (κ1) is 24.9. The van der Waals surface area contributed by atoms with E-state index in [1.54, 1.807) is 24.5 Å². The number of aromatic nitrogens is 1. The monoisotopic (exact) mass is 510 g/mol. The Hall–Kier alpha value is -3.16. The summed E-state index contributed by atoms with van der Waals surface area (Å²) in [7, 11) is 0. The van der Waals surface area contributed by atoms with E-state index in [2.05, 4.69) is 11.9 Å². The Labute approximate surface area is 212 Å². The van der Waals surface area contributed by atoms with Crippen LogP contribution >= 0.6 is 22.9 Å². The van der Waals surface area contributed by atoms with Crippen molar-refractivity contribution >= 4 is 35.0 Å². The van der Waals surface area contributed by atoms with E-state index in [0.29, 0.717) is 37.8 Å². The van der Waals surface area contributed by atoms with Crippen molar-refractivity contribution in [2.45, 2.75) is 39.7 Å². The number of hydrogen-bond acceptors (Lipinski definition) is 6. The number of benzene rings is 2. The van der Waals surface area contributed by atoms with Gasteiger partial charge in [0, 0.05) is 5.02 Å². The molecule has 8 heteroatoms. The SMILES string of the molecule is CCCCOc1ccc(/C=c2/sc3n(c2=O)[C@H](c2ccccc2Cl)C(C(=O)OCC)=C(C)N=3)cc1. The molecule has 0 aliphatic carbocycles. The highest BCUT2D eigenvalue weighted by molar-refractivity contribution is 7.07. The number of rotatable bonds is 8. The van der Waals surface area contributed by atoms with Gasteiger partial charge in [-0.1, -0.05) is 66.6 Å². The molecule has 0 N–H and O–H groups in total. The summed E-state index contributed by atoms with van der Waals surface area (Å²) in [4.78, 5) is 31.7. The second-order valence-corrected chi connectivity index (χ2v) is 9.51. The number of carbonyl (C=O) groups is 1. The van der Waals surface area contributed by atoms with Crippen LogP contribution in [-0.2, 0) is 9.53 Å². The number of hydrogen-bond donors (Lipinski definition) is 0. The zero-order valence-electron chi connectivity index (χ0n) is 19.9. The second-order valence-electron chi connectivity index (χ2n) is 8.09. The zero-order valence-corrected chi connectivity index (χ0v) is 21.5. The average molecular weight is 511 g/mol. The molecule has 0 spiro atoms. The van der Waals surface area contributed by atoms with E-state index in [-0.39, 0.29) is 12.2 Å². The molecule has 2 heterocycles. The zero-order chi connectivity index (χ0) is 24.9. The number of unbranched alkanes of at least 4 members (excludes halogenated alkanes) is 1. The van der Waals surface area contributed by atoms with Gasteiger partial charge in [0.15, 0.2) is 4.80 Å². The van der Waals surface area contributed by atoms with E-state index < -0.39 is 12.0 Å². The van der Waals surface area contributed by atoms with Gasteiger partial charge in [-0.25, -0.2) is 9.79 Å². The summed E-state index contributed by atoms with van der Waals surface area (Å²) in [6.45, 7) is 6.51. The number of ether oxygens (including phenoxy) is 2. The molecular weight excluding hydrogens is 484 g/mol. The molecule has 0 amide bonds. The molecule has 2 aromatic carbocycles. The van der Waals surface area contributed by atoms with Crippen molar-refractivity contribution in [2.75, 3.05) is 13.2 Å². The van der Waals surface area contributed by atoms with E-state index in [1.807, 2.05) is 48.5 Å². The number of allylic oxidation sites excluding steroid dienone is 1. The van der Waals surface area contributed by atoms with E-state index in [9.17, 15) is 9.59 Å². The molecule has 1 atom stereocenters. The highest BCUT2D eigenvalue weighted by Gasteiger charge is 2.34. The van der Waals surface area contributed by atoms with Crippen molar-refractivity contribution in [3.63, 3.8) is 0 Å². The fourth-order valence-electron chi connectivity index (χ4n) is 3.93. The van der Waals surface area contributed by atoms with Crippen LogP contribution in [-0.4, -0.2) is 23.8 Å². The van der Waals surface area contributed by atoms with Crippen molar-refractivity contribution < 1.29 is 14.3 Å². The fraction of sp³-hybridized carbons (Fsp3) is 0.296. The third kappa shape index (κ3) is 5.26. The lowest BCUT2D eigenvalue weighted by Gasteiger charge is -2.25. The molecular formula is C27H27ClN2O4S. The minimum Gasteiger partial charge on any atom is -0.494 e. The molecule has 3 aromatic rings. The first-order chi connectivity index (χ1) is 16.9. The largest absolute Gasteiger partial charge is 0.494 e. The summed E-state index contributed by atoms with van der Waals surface area (Å²) < 4.78 is 13.1. The van der Waals surface area contributed by atoms with Crippen LogP contribution in [0.3, 0.4) is 0 Å². The van der Waals surface area contributed by atoms with Crippen LogP contribution in [0.1, 0.15) is 50.8 Å². The summed E-state index contributed by atoms with van der Waals surface area (Å²) >= 11 is 7.81. The molecule has 182 valence electrons. The third-order valence-corrected chi connectivity index (χ3v) is 6.99. The molecule has 4 rings (SSSR count). The summed E-state index contributed by atoms with van der Waals surface area (Å²) in [5.74, 6) is 0.289. The highest BCUT2D eigenvalue weighted by Crippen LogP contribution is 2.34. The second kappa shape index (κ2) is 11.1. The Bertz CT molecular complexity index is 1440. The predicted molar refractivity (Wildman–Crippen MR) is 139 cm³/mol. The summed E-state index contributed by atoms with van der Waals surface area (Å²) in [5, 5.41) is 0.460. The lowest BCUT2D eigenvalue weighted by Crippen LogP contribution is -2.40. The van der Waals surface area contributed by atoms with Crippen LogP contribution in [0, 0.1) is 0 Å². The molecule has 1 aliphatic heterocycles. The van der Waals surface area contributed by atoms with E-state index in [4.69, 9.17) is 21.1 Å². The molecule has 35 heavy (non-hydrogen) atoms. The van der Waals surface area contributed by atoms with Gasteiger partial charge in [0.25, 0.3) is 5.56 Å². The summed E-state index contributed by atoms with van der Waals surface area (Å²) in [6.07, 6.45) is 3.90. The topological polar surface area (TPSA) is 69.9 Å². The van der Waals surface area contributed by atoms with Crippen LogP contribution in [0.15, 0.2) is 69.6 Å². The van der Waals surface area contributed by atoms with Gasteiger partial charge in [-0.15, -0.1) is 0 Å². The maximum atomic E-state index is 13.6. The molecule has 0 bridgehead atoms. The Kier molecular flexibility index (Phi) is 7.88. The number of nitrogens with zero attached hydrogens (tertiary/aromatic N) is 2. The number of esters is 1. The maximum Gasteiger partial charge on any atom is 0.338 e. The minimum atomic E-state index is -0.726. The summed E-state index contributed by atoms with van der Waals surface area (Å²) in [5.41, 5.74) is 2.10. The molecule has 0 unspecified atom stereocenters. The average Bonchev–Trinajstić information content (AvgIpc) is 3.14. The van der Waals surface area contributed by atoms with Crippen molar-refractivity contribution in [3.05, 3.63) is 95.6 Å². The van der Waals surface area contributed by atoms with Gasteiger partial charge >= 0.3 is 5.97 Å². The van der Waals surface area contributed by atoms with Gasteiger partial charge in [0.2, 0.25) is 0 Å². The molecule has 0 radical (unpaired) electrons. The molecule has 1 aromatic heterocycles. The molecule has 0 saturated heterocycles. The quantitative estimate of drug-likeness (QED) is 0.327. The van der Waals surface area contributed by atoms with Crippen LogP contribution in [0.4, 0.5) is 0 Å². The maximum absolute atomic E-state index is 13.6. The van der Waals surface area contributed by atoms with Crippen molar-refractivity contribution in [3.8, 4) is 5.75 Å². The Morgan fingerprint density at radius 3 is 2.60 bits per heavy atom. The number of halogens is 1. The smallest absolute Gasteiger partial charge is 0.338 e. The standard InChI is InChI=1S/C27H27ClN2O4S/c1-4-6-15-34-19-13-11-18(12-14-19)16-22-25(31)30-24(20-9-7-8-10-21(20)28)23(26(32)33-5-2)17(3)29-27(30)35-22/h7-14,16,24H,4-6,15H2,1-3H3/b22-16+/t24-/m1/s1. The number of thiazole rings is 1. The van der Waals surface area contributed by atoms with E-state index >= 15 is 0 Å². The van der Waals surface area contributed by atoms with Crippen molar-refractivity contribution in [2.24, 2.45) is 4.99 Å². The predicted octanol–water partition coefficient (Wildman–Crippen LogP) is 4.63. The third-order valence-electron chi connectivity index (χ3n) is 5.66. The van der Waals surface area contributed by atoms with Gasteiger partial charge in [-0.2, -0.15) is 0 Å². The van der Waals surface area contributed by atoms with Crippen LogP contribution in [0.25, 0.3) is 6.08 Å². The van der Waals surface area contributed by atoms with Crippen LogP contribution in [0.5, 0.6) is 5.75 Å². The first-order valence-corrected chi connectivity index (χ1v) is 12.8. The van der Waals surface area contributed by atoms with Gasteiger partial charge in [-0.3, -0.25) is 9.36 Å². The Morgan fingerprint density at radius 2 is 1.91 bits per heavy atom. The lowest BCUT2D eigenvalue weighted by molar-refractivity contribution is -0.139. The molecule has 0 fully saturated rings. The fourth-order valence-corrected chi connectivity index (χ4v) is 5.21. The lowest BCUT2D eigenvalue weighted by atomic mass is 9.96. The number of fused-ring (bicyclic) bond motifs is 1. The Morgan fingerprint density at radius 1 is 1.17 bits per heavy atom. The molecule has 0 saturated carbocycles.